The predicted octanol–water partition coefficient (Wildman–Crippen LogP) is 3.21. The molecular formula is C21H18N4O2. The Bertz CT molecular complexity index is 947. The molecule has 2 heterocycles. The van der Waals surface area contributed by atoms with Gasteiger partial charge in [0, 0.05) is 0 Å². The van der Waals surface area contributed by atoms with Gasteiger partial charge in [0.05, 0.1) is 22.8 Å². The van der Waals surface area contributed by atoms with Gasteiger partial charge in [-0.15, -0.1) is 0 Å². The Morgan fingerprint density at radius 3 is 1.44 bits per heavy atom. The summed E-state index contributed by atoms with van der Waals surface area (Å²) in [4.78, 5) is 26.8. The Kier molecular flexibility index (Phi) is 3.03. The fourth-order valence-electron chi connectivity index (χ4n) is 4.46. The Labute approximate surface area is 156 Å². The topological polar surface area (TPSA) is 65.3 Å². The molecule has 0 saturated heterocycles. The quantitative estimate of drug-likeness (QED) is 0.827. The zero-order chi connectivity index (χ0) is 18.8. The van der Waals surface area contributed by atoms with Crippen molar-refractivity contribution in [2.45, 2.75) is 20.3 Å². The van der Waals surface area contributed by atoms with Crippen molar-refractivity contribution in [2.24, 2.45) is 21.0 Å². The maximum absolute atomic E-state index is 13.4. The van der Waals surface area contributed by atoms with Crippen LogP contribution < -0.4 is 10.0 Å². The molecule has 2 spiro atoms. The van der Waals surface area contributed by atoms with Gasteiger partial charge in [0.15, 0.2) is 0 Å². The molecule has 3 aliphatic rings. The molecule has 27 heavy (non-hydrogen) atoms. The molecule has 2 atom stereocenters. The van der Waals surface area contributed by atoms with Crippen molar-refractivity contribution in [3.63, 3.8) is 0 Å². The van der Waals surface area contributed by atoms with E-state index >= 15 is 0 Å². The van der Waals surface area contributed by atoms with Crippen molar-refractivity contribution < 1.29 is 9.59 Å². The second-order valence-electron chi connectivity index (χ2n) is 7.26. The minimum Gasteiger partial charge on any atom is -0.271 e. The number of nitrogens with zero attached hydrogens (tertiary/aromatic N) is 4. The third-order valence-corrected chi connectivity index (χ3v) is 5.99. The van der Waals surface area contributed by atoms with Gasteiger partial charge >= 0.3 is 0 Å². The molecule has 0 N–H and O–H groups in total. The maximum atomic E-state index is 13.4. The summed E-state index contributed by atoms with van der Waals surface area (Å²) < 4.78 is 0. The normalized spacial score (nSPS) is 29.0. The fraction of sp³-hybridized carbons (Fsp3) is 0.238. The molecule has 0 unspecified atom stereocenters. The molecule has 6 heteroatoms. The molecule has 0 aromatic heterocycles. The van der Waals surface area contributed by atoms with E-state index in [-0.39, 0.29) is 11.8 Å². The van der Waals surface area contributed by atoms with Crippen molar-refractivity contribution in [2.75, 3.05) is 10.0 Å². The van der Waals surface area contributed by atoms with E-state index in [4.69, 9.17) is 0 Å². The van der Waals surface area contributed by atoms with Gasteiger partial charge in [-0.05, 0) is 44.5 Å². The highest BCUT2D eigenvalue weighted by molar-refractivity contribution is 6.35. The third kappa shape index (κ3) is 1.79. The molecule has 2 amide bonds. The minimum atomic E-state index is -0.920. The van der Waals surface area contributed by atoms with Crippen LogP contribution in [0.2, 0.25) is 0 Å². The Hall–Kier alpha value is -3.28. The van der Waals surface area contributed by atoms with Crippen molar-refractivity contribution >= 4 is 34.6 Å². The first-order valence-corrected chi connectivity index (χ1v) is 8.93. The summed E-state index contributed by atoms with van der Waals surface area (Å²) in [6.07, 6.45) is 0.426. The van der Waals surface area contributed by atoms with Gasteiger partial charge in [-0.2, -0.15) is 20.2 Å². The first-order chi connectivity index (χ1) is 13.0. The van der Waals surface area contributed by atoms with E-state index < -0.39 is 10.8 Å². The number of hydrogen-bond donors (Lipinski definition) is 0. The highest BCUT2D eigenvalue weighted by Gasteiger charge is 2.83. The average molecular weight is 358 g/mol. The number of carbonyl (C=O) groups excluding carboxylic acids is 2. The smallest absolute Gasteiger partial charge is 0.260 e. The van der Waals surface area contributed by atoms with Crippen molar-refractivity contribution in [3.05, 3.63) is 60.7 Å². The Morgan fingerprint density at radius 2 is 1.07 bits per heavy atom. The second kappa shape index (κ2) is 5.13. The van der Waals surface area contributed by atoms with Crippen LogP contribution in [0.5, 0.6) is 0 Å². The molecule has 1 saturated carbocycles. The lowest BCUT2D eigenvalue weighted by Crippen LogP contribution is -2.40. The summed E-state index contributed by atoms with van der Waals surface area (Å²) in [5, 5.41) is 11.9. The van der Waals surface area contributed by atoms with Gasteiger partial charge in [-0.3, -0.25) is 9.59 Å². The van der Waals surface area contributed by atoms with Crippen LogP contribution in [0.3, 0.4) is 0 Å². The number of para-hydroxylation sites is 2. The monoisotopic (exact) mass is 358 g/mol. The van der Waals surface area contributed by atoms with Crippen molar-refractivity contribution in [3.8, 4) is 0 Å². The lowest BCUT2D eigenvalue weighted by Gasteiger charge is -2.19. The van der Waals surface area contributed by atoms with Gasteiger partial charge in [-0.1, -0.05) is 36.4 Å². The minimum absolute atomic E-state index is 0.149. The number of anilines is 2. The van der Waals surface area contributed by atoms with Crippen molar-refractivity contribution in [1.82, 2.24) is 0 Å². The lowest BCUT2D eigenvalue weighted by atomic mass is 9.85. The zero-order valence-corrected chi connectivity index (χ0v) is 15.1. The van der Waals surface area contributed by atoms with Gasteiger partial charge in [-0.25, -0.2) is 0 Å². The van der Waals surface area contributed by atoms with Gasteiger partial charge in [0.1, 0.15) is 10.8 Å². The number of hydrogen-bond acceptors (Lipinski definition) is 4. The molecule has 2 aromatic rings. The number of amides is 2. The summed E-state index contributed by atoms with van der Waals surface area (Å²) in [5.41, 5.74) is 0.929. The molecule has 6 nitrogen and oxygen atoms in total. The number of rotatable bonds is 2. The number of benzene rings is 2. The molecule has 134 valence electrons. The van der Waals surface area contributed by atoms with E-state index in [9.17, 15) is 9.59 Å². The van der Waals surface area contributed by atoms with Crippen LogP contribution in [-0.4, -0.2) is 23.2 Å². The molecule has 0 radical (unpaired) electrons. The van der Waals surface area contributed by atoms with Crippen LogP contribution in [0.1, 0.15) is 20.3 Å². The second-order valence-corrected chi connectivity index (χ2v) is 7.26. The Morgan fingerprint density at radius 1 is 0.704 bits per heavy atom. The molecule has 2 aliphatic heterocycles. The number of fused-ring (bicyclic) bond motifs is 1. The molecule has 2 aromatic carbocycles. The van der Waals surface area contributed by atoms with Crippen LogP contribution in [0, 0.1) is 10.8 Å². The highest BCUT2D eigenvalue weighted by atomic mass is 16.2. The number of hydrazone groups is 2. The van der Waals surface area contributed by atoms with Crippen LogP contribution in [0.15, 0.2) is 70.9 Å². The molecular weight excluding hydrogens is 340 g/mol. The summed E-state index contributed by atoms with van der Waals surface area (Å²) >= 11 is 0. The van der Waals surface area contributed by atoms with Gasteiger partial charge in [0.2, 0.25) is 0 Å². The molecule has 1 fully saturated rings. The van der Waals surface area contributed by atoms with Crippen LogP contribution >= 0.6 is 0 Å². The van der Waals surface area contributed by atoms with Gasteiger partial charge in [0.25, 0.3) is 11.8 Å². The largest absolute Gasteiger partial charge is 0.271 e. The van der Waals surface area contributed by atoms with Crippen LogP contribution in [-0.2, 0) is 9.59 Å². The first-order valence-electron chi connectivity index (χ1n) is 8.93. The van der Waals surface area contributed by atoms with Crippen LogP contribution in [0.25, 0.3) is 0 Å². The standard InChI is InChI=1S/C21H18N4O2/c1-14-20(18(26)24(22-14)16-9-5-3-6-10-16)13-21(20)15(2)23-25(19(21)27)17-11-7-4-8-12-17/h3-12H,13H2,1-2H3/t20-,21-/m0/s1. The van der Waals surface area contributed by atoms with E-state index in [0.29, 0.717) is 29.2 Å². The summed E-state index contributed by atoms with van der Waals surface area (Å²) in [5.74, 6) is -0.298. The lowest BCUT2D eigenvalue weighted by molar-refractivity contribution is -0.126. The zero-order valence-electron chi connectivity index (χ0n) is 15.1. The molecule has 1 aliphatic carbocycles. The van der Waals surface area contributed by atoms with E-state index in [0.717, 1.165) is 0 Å². The van der Waals surface area contributed by atoms with E-state index in [1.165, 1.54) is 10.0 Å². The SMILES string of the molecule is CC1=NN(c2ccccc2)C(=O)[C@]12C[C@]21C(=O)N(c2ccccc2)N=C1C. The molecule has 5 rings (SSSR count). The van der Waals surface area contributed by atoms with Crippen molar-refractivity contribution in [1.29, 1.82) is 0 Å². The summed E-state index contributed by atoms with van der Waals surface area (Å²) in [7, 11) is 0. The van der Waals surface area contributed by atoms with Gasteiger partial charge < -0.3 is 0 Å². The predicted molar refractivity (Wildman–Crippen MR) is 104 cm³/mol. The fourth-order valence-corrected chi connectivity index (χ4v) is 4.46. The van der Waals surface area contributed by atoms with Crippen LogP contribution in [0.4, 0.5) is 11.4 Å². The van der Waals surface area contributed by atoms with E-state index in [1.807, 2.05) is 74.5 Å². The molecule has 0 bridgehead atoms. The maximum Gasteiger partial charge on any atom is 0.260 e. The third-order valence-electron chi connectivity index (χ3n) is 5.99. The van der Waals surface area contributed by atoms with E-state index in [1.54, 1.807) is 0 Å². The summed E-state index contributed by atoms with van der Waals surface area (Å²) in [6, 6.07) is 18.6. The summed E-state index contributed by atoms with van der Waals surface area (Å²) in [6.45, 7) is 3.67. The highest BCUT2D eigenvalue weighted by Crippen LogP contribution is 2.70. The number of carbonyl (C=O) groups is 2. The average Bonchev–Trinajstić information content (AvgIpc) is 3.29. The first kappa shape index (κ1) is 15.9. The van der Waals surface area contributed by atoms with E-state index in [2.05, 4.69) is 10.2 Å². The Balaban J connectivity index is 1.54.